The lowest BCUT2D eigenvalue weighted by Crippen LogP contribution is -2.17. The molecule has 178 valence electrons. The lowest BCUT2D eigenvalue weighted by molar-refractivity contribution is -0.139. The number of benzene rings is 1. The number of thiophene rings is 2. The predicted molar refractivity (Wildman–Crippen MR) is 138 cm³/mol. The summed E-state index contributed by atoms with van der Waals surface area (Å²) in [6.45, 7) is 0.138. The van der Waals surface area contributed by atoms with E-state index >= 15 is 0 Å². The number of nitrogens with one attached hydrogen (secondary N) is 1. The maximum Gasteiger partial charge on any atom is 0.412 e. The topological polar surface area (TPSA) is 102 Å². The minimum Gasteiger partial charge on any atom is -0.481 e. The van der Waals surface area contributed by atoms with E-state index in [-0.39, 0.29) is 12.4 Å². The summed E-state index contributed by atoms with van der Waals surface area (Å²) >= 11 is 3.01. The number of fused-ring (bicyclic) bond motifs is 2. The van der Waals surface area contributed by atoms with E-state index in [9.17, 15) is 14.7 Å². The molecule has 4 heterocycles. The second kappa shape index (κ2) is 8.82. The van der Waals surface area contributed by atoms with Gasteiger partial charge in [0.2, 0.25) is 11.5 Å². The molecule has 0 aliphatic heterocycles. The minimum atomic E-state index is -0.753. The fourth-order valence-electron chi connectivity index (χ4n) is 3.95. The summed E-state index contributed by atoms with van der Waals surface area (Å²) in [5.74, 6) is 5.65. The normalized spacial score (nSPS) is 13.8. The fourth-order valence-corrected chi connectivity index (χ4v) is 6.44. The number of pyridine rings is 1. The zero-order valence-corrected chi connectivity index (χ0v) is 20.4. The average Bonchev–Trinajstić information content (AvgIpc) is 3.32. The first kappa shape index (κ1) is 22.3. The van der Waals surface area contributed by atoms with Crippen molar-refractivity contribution in [1.29, 1.82) is 0 Å². The Balaban J connectivity index is 1.25. The molecule has 1 aromatic carbocycles. The van der Waals surface area contributed by atoms with Crippen molar-refractivity contribution in [2.75, 3.05) is 5.32 Å². The van der Waals surface area contributed by atoms with Crippen molar-refractivity contribution in [1.82, 2.24) is 4.98 Å². The predicted octanol–water partition coefficient (Wildman–Crippen LogP) is 6.37. The van der Waals surface area contributed by atoms with Gasteiger partial charge in [0.15, 0.2) is 0 Å². The summed E-state index contributed by atoms with van der Waals surface area (Å²) in [5, 5.41) is 12.9. The number of carboxylic acid groups (broad SMARTS) is 1. The van der Waals surface area contributed by atoms with E-state index in [1.807, 2.05) is 42.5 Å². The lowest BCUT2D eigenvalue weighted by atomic mass is 10.1. The smallest absolute Gasteiger partial charge is 0.412 e. The molecule has 2 N–H and O–H groups in total. The first-order valence-corrected chi connectivity index (χ1v) is 12.8. The van der Waals surface area contributed by atoms with Gasteiger partial charge in [-0.15, -0.1) is 22.7 Å². The highest BCUT2D eigenvalue weighted by Gasteiger charge is 2.53. The molecule has 1 saturated carbocycles. The number of carbonyl (C=O) groups is 2. The van der Waals surface area contributed by atoms with Crippen LogP contribution in [-0.2, 0) is 21.6 Å². The minimum absolute atomic E-state index is 0.138. The molecule has 1 aliphatic carbocycles. The molecule has 1 fully saturated rings. The monoisotopic (exact) mass is 514 g/mol. The van der Waals surface area contributed by atoms with Gasteiger partial charge >= 0.3 is 12.1 Å². The molecular weight excluding hydrogens is 496 g/mol. The maximum absolute atomic E-state index is 12.5. The second-order valence-electron chi connectivity index (χ2n) is 8.44. The number of hydrogen-bond donors (Lipinski definition) is 2. The Kier molecular flexibility index (Phi) is 5.48. The highest BCUT2D eigenvalue weighted by molar-refractivity contribution is 7.28. The molecule has 1 aliphatic rings. The number of hydrogen-bond acceptors (Lipinski definition) is 7. The van der Waals surface area contributed by atoms with Crippen LogP contribution in [0.4, 0.5) is 10.5 Å². The van der Waals surface area contributed by atoms with Gasteiger partial charge in [-0.05, 0) is 54.5 Å². The van der Waals surface area contributed by atoms with Crippen LogP contribution in [0, 0.1) is 11.8 Å². The molecule has 0 spiro atoms. The number of carboxylic acids is 1. The van der Waals surface area contributed by atoms with Gasteiger partial charge in [0.1, 0.15) is 17.7 Å². The van der Waals surface area contributed by atoms with Gasteiger partial charge in [0.05, 0.1) is 10.3 Å². The molecule has 0 atom stereocenters. The third-order valence-electron chi connectivity index (χ3n) is 6.04. The van der Waals surface area contributed by atoms with Gasteiger partial charge in [0.25, 0.3) is 0 Å². The molecule has 1 amide bonds. The molecule has 6 rings (SSSR count). The van der Waals surface area contributed by atoms with E-state index in [0.717, 1.165) is 24.7 Å². The van der Waals surface area contributed by atoms with Crippen LogP contribution >= 0.6 is 22.7 Å². The van der Waals surface area contributed by atoms with Crippen LogP contribution < -0.4 is 5.32 Å². The van der Waals surface area contributed by atoms with E-state index in [2.05, 4.69) is 22.1 Å². The SMILES string of the molecule is O=C(Nc1c(C#Cc2cc3sc(C4(C(=O)O)CC4)cc3s2)oc2ncccc12)OCc1ccccc1. The zero-order chi connectivity index (χ0) is 24.7. The Bertz CT molecular complexity index is 1650. The van der Waals surface area contributed by atoms with E-state index < -0.39 is 17.5 Å². The van der Waals surface area contributed by atoms with E-state index in [0.29, 0.717) is 29.6 Å². The molecule has 5 aromatic rings. The number of aliphatic carboxylic acids is 1. The van der Waals surface area contributed by atoms with Gasteiger partial charge in [0, 0.05) is 20.5 Å². The average molecular weight is 515 g/mol. The molecule has 36 heavy (non-hydrogen) atoms. The Morgan fingerprint density at radius 2 is 1.89 bits per heavy atom. The van der Waals surface area contributed by atoms with Crippen LogP contribution in [0.2, 0.25) is 0 Å². The first-order chi connectivity index (χ1) is 17.5. The number of nitrogens with zero attached hydrogens (tertiary/aromatic N) is 1. The number of amides is 1. The lowest BCUT2D eigenvalue weighted by Gasteiger charge is -2.06. The fraction of sp³-hybridized carbons (Fsp3) is 0.148. The number of aromatic nitrogens is 1. The van der Waals surface area contributed by atoms with E-state index in [1.165, 1.54) is 22.7 Å². The summed E-state index contributed by atoms with van der Waals surface area (Å²) in [5.41, 5.74) is 0.941. The van der Waals surface area contributed by atoms with Crippen molar-refractivity contribution < 1.29 is 23.8 Å². The van der Waals surface area contributed by atoms with Crippen LogP contribution in [0.1, 0.15) is 33.9 Å². The molecule has 0 bridgehead atoms. The summed E-state index contributed by atoms with van der Waals surface area (Å²) in [6.07, 6.45) is 2.36. The van der Waals surface area contributed by atoms with Gasteiger partial charge in [-0.3, -0.25) is 10.1 Å². The molecule has 4 aromatic heterocycles. The maximum atomic E-state index is 12.5. The Hall–Kier alpha value is -4.13. The largest absolute Gasteiger partial charge is 0.481 e. The standard InChI is InChI=1S/C27H18N2O5S2/c30-25(31)27(10-11-27)22-14-21-20(36-22)13-17(35-21)8-9-19-23(18-7-4-12-28-24(18)34-19)29-26(32)33-15-16-5-2-1-3-6-16/h1-7,12-14H,10-11,15H2,(H,29,32)(H,30,31). The number of anilines is 1. The third kappa shape index (κ3) is 4.11. The van der Waals surface area contributed by atoms with Crippen molar-refractivity contribution in [3.8, 4) is 11.8 Å². The third-order valence-corrected chi connectivity index (χ3v) is 8.46. The van der Waals surface area contributed by atoms with Crippen LogP contribution in [0.25, 0.3) is 20.5 Å². The Labute approximate surface area is 213 Å². The number of ether oxygens (including phenoxy) is 1. The van der Waals surface area contributed by atoms with Gasteiger partial charge in [-0.1, -0.05) is 30.3 Å². The van der Waals surface area contributed by atoms with Gasteiger partial charge in [-0.2, -0.15) is 0 Å². The summed E-state index contributed by atoms with van der Waals surface area (Å²) in [7, 11) is 0. The number of furan rings is 1. The second-order valence-corrected chi connectivity index (χ2v) is 10.6. The van der Waals surface area contributed by atoms with Crippen LogP contribution in [0.15, 0.2) is 65.2 Å². The summed E-state index contributed by atoms with van der Waals surface area (Å²) < 4.78 is 13.2. The Morgan fingerprint density at radius 3 is 2.64 bits per heavy atom. The van der Waals surface area contributed by atoms with Crippen LogP contribution in [0.5, 0.6) is 0 Å². The number of carbonyl (C=O) groups excluding carboxylic acids is 1. The van der Waals surface area contributed by atoms with Crippen molar-refractivity contribution in [3.63, 3.8) is 0 Å². The highest BCUT2D eigenvalue weighted by atomic mass is 32.1. The van der Waals surface area contributed by atoms with Crippen molar-refractivity contribution in [3.05, 3.63) is 81.9 Å². The summed E-state index contributed by atoms with van der Waals surface area (Å²) in [4.78, 5) is 30.1. The molecule has 0 radical (unpaired) electrons. The van der Waals surface area contributed by atoms with Gasteiger partial charge < -0.3 is 14.3 Å². The molecule has 7 nitrogen and oxygen atoms in total. The molecule has 0 saturated heterocycles. The summed E-state index contributed by atoms with van der Waals surface area (Å²) in [6, 6.07) is 16.9. The Morgan fingerprint density at radius 1 is 1.08 bits per heavy atom. The van der Waals surface area contributed by atoms with Crippen molar-refractivity contribution in [2.24, 2.45) is 0 Å². The van der Waals surface area contributed by atoms with Crippen LogP contribution in [-0.4, -0.2) is 22.2 Å². The molecular formula is C27H18N2O5S2. The van der Waals surface area contributed by atoms with Crippen molar-refractivity contribution in [2.45, 2.75) is 24.9 Å². The molecule has 0 unspecified atom stereocenters. The van der Waals surface area contributed by atoms with E-state index in [4.69, 9.17) is 9.15 Å². The number of rotatable bonds is 5. The van der Waals surface area contributed by atoms with Crippen molar-refractivity contribution >= 4 is 60.9 Å². The van der Waals surface area contributed by atoms with Crippen LogP contribution in [0.3, 0.4) is 0 Å². The van der Waals surface area contributed by atoms with Gasteiger partial charge in [-0.25, -0.2) is 9.78 Å². The molecule has 9 heteroatoms. The quantitative estimate of drug-likeness (QED) is 0.264. The highest BCUT2D eigenvalue weighted by Crippen LogP contribution is 2.52. The first-order valence-electron chi connectivity index (χ1n) is 11.2. The zero-order valence-electron chi connectivity index (χ0n) is 18.7. The van der Waals surface area contributed by atoms with E-state index in [1.54, 1.807) is 18.3 Å².